The molecule has 0 spiro atoms. The van der Waals surface area contributed by atoms with Crippen LogP contribution in [-0.4, -0.2) is 26.5 Å². The van der Waals surface area contributed by atoms with Crippen molar-refractivity contribution in [2.75, 3.05) is 18.1 Å². The number of hydrogen-bond acceptors (Lipinski definition) is 3. The maximum Gasteiger partial charge on any atom is 0.153 e. The van der Waals surface area contributed by atoms with Gasteiger partial charge in [-0.05, 0) is 18.2 Å². The molecule has 0 aliphatic carbocycles. The fourth-order valence-corrected chi connectivity index (χ4v) is 2.15. The number of benzene rings is 1. The summed E-state index contributed by atoms with van der Waals surface area (Å²) in [6.45, 7) is 1.73. The van der Waals surface area contributed by atoms with Crippen molar-refractivity contribution in [2.45, 2.75) is 6.92 Å². The Hall–Kier alpha value is -0.260. The minimum atomic E-state index is -2.99. The first-order chi connectivity index (χ1) is 7.44. The molecule has 0 radical (unpaired) electrons. The second-order valence-corrected chi connectivity index (χ2v) is 6.96. The van der Waals surface area contributed by atoms with E-state index in [-0.39, 0.29) is 18.1 Å². The van der Waals surface area contributed by atoms with Gasteiger partial charge in [0.2, 0.25) is 0 Å². The fourth-order valence-electron chi connectivity index (χ4n) is 1.01. The highest BCUT2D eigenvalue weighted by molar-refractivity contribution is 9.10. The monoisotopic (exact) mass is 326 g/mol. The van der Waals surface area contributed by atoms with Gasteiger partial charge in [0.1, 0.15) is 12.4 Å². The highest BCUT2D eigenvalue weighted by Gasteiger charge is 2.08. The third-order valence-electron chi connectivity index (χ3n) is 1.98. The van der Waals surface area contributed by atoms with Crippen molar-refractivity contribution in [3.63, 3.8) is 0 Å². The molecule has 0 heterocycles. The van der Waals surface area contributed by atoms with E-state index in [1.54, 1.807) is 25.1 Å². The zero-order valence-corrected chi connectivity index (χ0v) is 11.9. The Labute approximate surface area is 109 Å². The van der Waals surface area contributed by atoms with Crippen molar-refractivity contribution in [1.82, 2.24) is 0 Å². The van der Waals surface area contributed by atoms with Crippen LogP contribution in [0.4, 0.5) is 0 Å². The fraction of sp³-hybridized carbons (Fsp3) is 0.400. The minimum absolute atomic E-state index is 0.00629. The highest BCUT2D eigenvalue weighted by atomic mass is 79.9. The first-order valence-electron chi connectivity index (χ1n) is 4.73. The lowest BCUT2D eigenvalue weighted by atomic mass is 10.3. The molecular formula is C10H12BrClO3S. The van der Waals surface area contributed by atoms with Crippen molar-refractivity contribution in [3.05, 3.63) is 27.7 Å². The van der Waals surface area contributed by atoms with Crippen molar-refractivity contribution >= 4 is 37.4 Å². The summed E-state index contributed by atoms with van der Waals surface area (Å²) >= 11 is 9.17. The van der Waals surface area contributed by atoms with Crippen LogP contribution in [0.1, 0.15) is 6.92 Å². The van der Waals surface area contributed by atoms with E-state index in [2.05, 4.69) is 15.9 Å². The standard InChI is InChI=1S/C10H12BrClO3S/c1-2-16(13,14)6-5-15-10-7-8(11)3-4-9(10)12/h3-4,7H,2,5-6H2,1H3. The van der Waals surface area contributed by atoms with Crippen LogP contribution >= 0.6 is 27.5 Å². The Balaban J connectivity index is 2.59. The SMILES string of the molecule is CCS(=O)(=O)CCOc1cc(Br)ccc1Cl. The Kier molecular flexibility index (Phi) is 5.08. The molecule has 0 aromatic heterocycles. The van der Waals surface area contributed by atoms with Crippen LogP contribution < -0.4 is 4.74 Å². The molecule has 0 N–H and O–H groups in total. The lowest BCUT2D eigenvalue weighted by Crippen LogP contribution is -2.15. The average molecular weight is 328 g/mol. The molecule has 16 heavy (non-hydrogen) atoms. The van der Waals surface area contributed by atoms with Gasteiger partial charge in [-0.25, -0.2) is 8.42 Å². The molecule has 0 saturated carbocycles. The van der Waals surface area contributed by atoms with Gasteiger partial charge in [-0.15, -0.1) is 0 Å². The molecule has 0 saturated heterocycles. The van der Waals surface area contributed by atoms with Gasteiger partial charge >= 0.3 is 0 Å². The highest BCUT2D eigenvalue weighted by Crippen LogP contribution is 2.27. The maximum absolute atomic E-state index is 11.2. The summed E-state index contributed by atoms with van der Waals surface area (Å²) < 4.78 is 28.6. The van der Waals surface area contributed by atoms with Gasteiger partial charge in [-0.3, -0.25) is 0 Å². The summed E-state index contributed by atoms with van der Waals surface area (Å²) in [4.78, 5) is 0. The molecule has 0 fully saturated rings. The van der Waals surface area contributed by atoms with Crippen LogP contribution in [0.15, 0.2) is 22.7 Å². The van der Waals surface area contributed by atoms with Crippen LogP contribution in [0, 0.1) is 0 Å². The van der Waals surface area contributed by atoms with Crippen molar-refractivity contribution in [2.24, 2.45) is 0 Å². The van der Waals surface area contributed by atoms with Gasteiger partial charge in [0.15, 0.2) is 9.84 Å². The number of halogens is 2. The van der Waals surface area contributed by atoms with Gasteiger partial charge in [0.25, 0.3) is 0 Å². The molecule has 0 amide bonds. The normalized spacial score (nSPS) is 11.4. The Bertz CT molecular complexity index is 459. The predicted octanol–water partition coefficient (Wildman–Crippen LogP) is 2.92. The number of ether oxygens (including phenoxy) is 1. The summed E-state index contributed by atoms with van der Waals surface area (Å²) in [6.07, 6.45) is 0. The first kappa shape index (κ1) is 13.8. The quantitative estimate of drug-likeness (QED) is 0.835. The molecule has 3 nitrogen and oxygen atoms in total. The van der Waals surface area contributed by atoms with E-state index in [9.17, 15) is 8.42 Å². The number of rotatable bonds is 5. The second kappa shape index (κ2) is 5.89. The van der Waals surface area contributed by atoms with E-state index < -0.39 is 9.84 Å². The van der Waals surface area contributed by atoms with E-state index in [1.165, 1.54) is 0 Å². The largest absolute Gasteiger partial charge is 0.491 e. The Morgan fingerprint density at radius 1 is 1.44 bits per heavy atom. The van der Waals surface area contributed by atoms with Gasteiger partial charge in [0, 0.05) is 10.2 Å². The summed E-state index contributed by atoms with van der Waals surface area (Å²) in [5.41, 5.74) is 0. The molecular weight excluding hydrogens is 316 g/mol. The third-order valence-corrected chi connectivity index (χ3v) is 4.46. The smallest absolute Gasteiger partial charge is 0.153 e. The van der Waals surface area contributed by atoms with Crippen LogP contribution in [0.2, 0.25) is 5.02 Å². The molecule has 6 heteroatoms. The van der Waals surface area contributed by atoms with Gasteiger partial charge in [-0.2, -0.15) is 0 Å². The summed E-state index contributed by atoms with van der Waals surface area (Å²) in [6, 6.07) is 5.19. The van der Waals surface area contributed by atoms with E-state index >= 15 is 0 Å². The lowest BCUT2D eigenvalue weighted by molar-refractivity contribution is 0.341. The topological polar surface area (TPSA) is 43.4 Å². The zero-order valence-electron chi connectivity index (χ0n) is 8.74. The number of sulfone groups is 1. The van der Waals surface area contributed by atoms with Crippen molar-refractivity contribution < 1.29 is 13.2 Å². The molecule has 0 unspecified atom stereocenters. The zero-order chi connectivity index (χ0) is 12.2. The molecule has 0 aliphatic rings. The molecule has 1 aromatic rings. The molecule has 0 aliphatic heterocycles. The Morgan fingerprint density at radius 2 is 2.12 bits per heavy atom. The van der Waals surface area contributed by atoms with Gasteiger partial charge < -0.3 is 4.74 Å². The Morgan fingerprint density at radius 3 is 2.75 bits per heavy atom. The van der Waals surface area contributed by atoms with Crippen LogP contribution in [0.3, 0.4) is 0 Å². The van der Waals surface area contributed by atoms with Crippen LogP contribution in [0.5, 0.6) is 5.75 Å². The van der Waals surface area contributed by atoms with Crippen LogP contribution in [-0.2, 0) is 9.84 Å². The maximum atomic E-state index is 11.2. The molecule has 0 atom stereocenters. The van der Waals surface area contributed by atoms with E-state index in [4.69, 9.17) is 16.3 Å². The van der Waals surface area contributed by atoms with Gasteiger partial charge in [0.05, 0.1) is 10.8 Å². The van der Waals surface area contributed by atoms with Gasteiger partial charge in [-0.1, -0.05) is 34.5 Å². The summed E-state index contributed by atoms with van der Waals surface area (Å²) in [7, 11) is -2.99. The lowest BCUT2D eigenvalue weighted by Gasteiger charge is -2.08. The second-order valence-electron chi connectivity index (χ2n) is 3.16. The molecule has 1 aromatic carbocycles. The number of hydrogen-bond donors (Lipinski definition) is 0. The first-order valence-corrected chi connectivity index (χ1v) is 7.72. The van der Waals surface area contributed by atoms with Crippen molar-refractivity contribution in [3.8, 4) is 5.75 Å². The molecule has 0 bridgehead atoms. The van der Waals surface area contributed by atoms with E-state index in [1.807, 2.05) is 0 Å². The minimum Gasteiger partial charge on any atom is -0.491 e. The van der Waals surface area contributed by atoms with E-state index in [0.29, 0.717) is 10.8 Å². The molecule has 1 rings (SSSR count). The summed E-state index contributed by atoms with van der Waals surface area (Å²) in [5.74, 6) is 0.622. The van der Waals surface area contributed by atoms with Crippen molar-refractivity contribution in [1.29, 1.82) is 0 Å². The third kappa shape index (κ3) is 4.31. The average Bonchev–Trinajstić information content (AvgIpc) is 2.23. The summed E-state index contributed by atoms with van der Waals surface area (Å²) in [5, 5.41) is 0.470. The van der Waals surface area contributed by atoms with E-state index in [0.717, 1.165) is 4.47 Å². The predicted molar refractivity (Wildman–Crippen MR) is 69.0 cm³/mol. The van der Waals surface area contributed by atoms with Crippen LogP contribution in [0.25, 0.3) is 0 Å². The molecule has 90 valence electrons.